The van der Waals surface area contributed by atoms with Gasteiger partial charge in [0.15, 0.2) is 5.13 Å². The van der Waals surface area contributed by atoms with Crippen molar-refractivity contribution in [3.63, 3.8) is 0 Å². The topological polar surface area (TPSA) is 42.4 Å². The maximum absolute atomic E-state index is 12.0. The van der Waals surface area contributed by atoms with E-state index >= 15 is 0 Å². The zero-order valence-electron chi connectivity index (χ0n) is 13.1. The summed E-state index contributed by atoms with van der Waals surface area (Å²) in [6.45, 7) is 9.10. The van der Waals surface area contributed by atoms with Crippen molar-refractivity contribution in [1.29, 1.82) is 0 Å². The van der Waals surface area contributed by atoms with E-state index in [-0.39, 0.29) is 11.9 Å². The van der Waals surface area contributed by atoms with E-state index in [1.165, 1.54) is 11.3 Å². The van der Waals surface area contributed by atoms with Crippen molar-refractivity contribution >= 4 is 22.4 Å². The van der Waals surface area contributed by atoms with Crippen LogP contribution >= 0.6 is 11.3 Å². The van der Waals surface area contributed by atoms with Crippen molar-refractivity contribution in [1.82, 2.24) is 4.98 Å². The number of carbonyl (C=O) groups excluding carboxylic acids is 1. The third-order valence-electron chi connectivity index (χ3n) is 4.72. The predicted molar refractivity (Wildman–Crippen MR) is 85.0 cm³/mol. The minimum absolute atomic E-state index is 0.102. The first-order chi connectivity index (χ1) is 10.1. The molecule has 1 aliphatic heterocycles. The van der Waals surface area contributed by atoms with E-state index in [0.717, 1.165) is 48.6 Å². The third-order valence-corrected chi connectivity index (χ3v) is 5.91. The first kappa shape index (κ1) is 14.8. The smallest absolute Gasteiger partial charge is 0.315 e. The Morgan fingerprint density at radius 3 is 2.95 bits per heavy atom. The van der Waals surface area contributed by atoms with Gasteiger partial charge in [0.25, 0.3) is 0 Å². The molecule has 1 saturated heterocycles. The fourth-order valence-corrected chi connectivity index (χ4v) is 4.50. The quantitative estimate of drug-likeness (QED) is 0.801. The van der Waals surface area contributed by atoms with Gasteiger partial charge in [0.1, 0.15) is 5.92 Å². The Morgan fingerprint density at radius 2 is 2.29 bits per heavy atom. The van der Waals surface area contributed by atoms with Crippen molar-refractivity contribution in [2.75, 3.05) is 24.6 Å². The van der Waals surface area contributed by atoms with Crippen LogP contribution in [0.15, 0.2) is 0 Å². The second-order valence-electron chi connectivity index (χ2n) is 6.39. The first-order valence-electron chi connectivity index (χ1n) is 8.01. The fourth-order valence-electron chi connectivity index (χ4n) is 3.33. The third kappa shape index (κ3) is 2.80. The van der Waals surface area contributed by atoms with E-state index in [9.17, 15) is 4.79 Å². The molecule has 0 radical (unpaired) electrons. The molecule has 1 aromatic heterocycles. The van der Waals surface area contributed by atoms with Crippen LogP contribution in [0, 0.1) is 11.8 Å². The van der Waals surface area contributed by atoms with Gasteiger partial charge in [-0.2, -0.15) is 0 Å². The maximum atomic E-state index is 12.0. The zero-order chi connectivity index (χ0) is 15.0. The molecule has 0 spiro atoms. The van der Waals surface area contributed by atoms with E-state index in [1.807, 2.05) is 6.92 Å². The fraction of sp³-hybridized carbons (Fsp3) is 0.750. The molecule has 3 rings (SSSR count). The van der Waals surface area contributed by atoms with Gasteiger partial charge >= 0.3 is 5.97 Å². The Balaban J connectivity index is 1.74. The molecule has 0 aromatic carbocycles. The number of hydrogen-bond acceptors (Lipinski definition) is 5. The molecule has 0 amide bonds. The molecular formula is C16H24N2O2S. The van der Waals surface area contributed by atoms with Crippen LogP contribution in [0.3, 0.4) is 0 Å². The molecule has 1 aromatic rings. The van der Waals surface area contributed by atoms with Gasteiger partial charge in [0.2, 0.25) is 0 Å². The summed E-state index contributed by atoms with van der Waals surface area (Å²) in [6.07, 6.45) is 3.09. The van der Waals surface area contributed by atoms with E-state index in [4.69, 9.17) is 9.72 Å². The summed E-state index contributed by atoms with van der Waals surface area (Å²) >= 11 is 1.78. The molecule has 0 bridgehead atoms. The van der Waals surface area contributed by atoms with Crippen LogP contribution in [0.4, 0.5) is 5.13 Å². The van der Waals surface area contributed by atoms with Gasteiger partial charge in [-0.3, -0.25) is 4.79 Å². The molecule has 1 aliphatic carbocycles. The number of rotatable bonds is 4. The number of nitrogens with zero attached hydrogens (tertiary/aromatic N) is 2. The summed E-state index contributed by atoms with van der Waals surface area (Å²) in [5.74, 6) is 1.27. The largest absolute Gasteiger partial charge is 0.465 e. The molecular weight excluding hydrogens is 284 g/mol. The van der Waals surface area contributed by atoms with Crippen molar-refractivity contribution in [2.45, 2.75) is 46.0 Å². The number of hydrogen-bond donors (Lipinski definition) is 0. The Hall–Kier alpha value is -1.10. The Kier molecular flexibility index (Phi) is 4.20. The molecule has 4 nitrogen and oxygen atoms in total. The van der Waals surface area contributed by atoms with E-state index in [2.05, 4.69) is 18.7 Å². The summed E-state index contributed by atoms with van der Waals surface area (Å²) in [6, 6.07) is 0. The van der Waals surface area contributed by atoms with Gasteiger partial charge in [-0.05, 0) is 38.0 Å². The van der Waals surface area contributed by atoms with E-state index < -0.39 is 0 Å². The molecule has 0 N–H and O–H groups in total. The Bertz CT molecular complexity index is 526. The summed E-state index contributed by atoms with van der Waals surface area (Å²) in [5, 5.41) is 1.11. The van der Waals surface area contributed by atoms with Crippen molar-refractivity contribution in [3.05, 3.63) is 10.6 Å². The lowest BCUT2D eigenvalue weighted by molar-refractivity contribution is -0.145. The van der Waals surface area contributed by atoms with Crippen LogP contribution in [0.25, 0.3) is 0 Å². The van der Waals surface area contributed by atoms with Crippen LogP contribution in [0.5, 0.6) is 0 Å². The lowest BCUT2D eigenvalue weighted by Crippen LogP contribution is -2.21. The second kappa shape index (κ2) is 5.95. The molecule has 21 heavy (non-hydrogen) atoms. The van der Waals surface area contributed by atoms with Gasteiger partial charge in [-0.15, -0.1) is 11.3 Å². The molecule has 0 saturated carbocycles. The number of ether oxygens (including phenoxy) is 1. The number of fused-ring (bicyclic) bond motifs is 1. The first-order valence-corrected chi connectivity index (χ1v) is 8.83. The lowest BCUT2D eigenvalue weighted by Gasteiger charge is -2.17. The maximum Gasteiger partial charge on any atom is 0.315 e. The molecule has 2 aliphatic rings. The summed E-state index contributed by atoms with van der Waals surface area (Å²) in [5.41, 5.74) is 0.987. The van der Waals surface area contributed by atoms with Crippen LogP contribution in [-0.4, -0.2) is 30.6 Å². The Morgan fingerprint density at radius 1 is 1.48 bits per heavy atom. The van der Waals surface area contributed by atoms with E-state index in [0.29, 0.717) is 6.61 Å². The number of carbonyl (C=O) groups is 1. The number of aryl methyl sites for hydroxylation is 1. The van der Waals surface area contributed by atoms with Gasteiger partial charge < -0.3 is 9.64 Å². The van der Waals surface area contributed by atoms with Gasteiger partial charge in [0.05, 0.1) is 12.3 Å². The van der Waals surface area contributed by atoms with Crippen LogP contribution in [-0.2, 0) is 16.0 Å². The van der Waals surface area contributed by atoms with Gasteiger partial charge in [0, 0.05) is 18.0 Å². The Labute approximate surface area is 130 Å². The molecule has 2 unspecified atom stereocenters. The second-order valence-corrected chi connectivity index (χ2v) is 7.45. The number of esters is 1. The van der Waals surface area contributed by atoms with Crippen LogP contribution in [0.1, 0.15) is 50.1 Å². The summed E-state index contributed by atoms with van der Waals surface area (Å²) in [4.78, 5) is 20.5. The van der Waals surface area contributed by atoms with Gasteiger partial charge in [-0.1, -0.05) is 13.8 Å². The van der Waals surface area contributed by atoms with Crippen LogP contribution in [0.2, 0.25) is 0 Å². The highest BCUT2D eigenvalue weighted by Gasteiger charge is 2.35. The number of aromatic nitrogens is 1. The number of thiazole rings is 1. The predicted octanol–water partition coefficient (Wildman–Crippen LogP) is 3.22. The van der Waals surface area contributed by atoms with Crippen LogP contribution < -0.4 is 4.90 Å². The highest BCUT2D eigenvalue weighted by molar-refractivity contribution is 7.15. The average Bonchev–Trinajstić information content (AvgIpc) is 3.13. The normalized spacial score (nSPS) is 24.7. The zero-order valence-corrected chi connectivity index (χ0v) is 13.9. The van der Waals surface area contributed by atoms with Crippen molar-refractivity contribution in [3.8, 4) is 0 Å². The van der Waals surface area contributed by atoms with Gasteiger partial charge in [-0.25, -0.2) is 4.98 Å². The summed E-state index contributed by atoms with van der Waals surface area (Å²) in [7, 11) is 0. The molecule has 2 atom stereocenters. The average molecular weight is 308 g/mol. The van der Waals surface area contributed by atoms with Crippen molar-refractivity contribution < 1.29 is 9.53 Å². The number of anilines is 1. The molecule has 1 fully saturated rings. The highest BCUT2D eigenvalue weighted by atomic mass is 32.1. The minimum atomic E-state index is -0.131. The summed E-state index contributed by atoms with van der Waals surface area (Å²) < 4.78 is 5.18. The highest BCUT2D eigenvalue weighted by Crippen LogP contribution is 2.41. The SMILES string of the molecule is CCOC(=O)C1CCc2sc(N3CCC(C(C)C)C3)nc21. The lowest BCUT2D eigenvalue weighted by atomic mass is 9.95. The molecule has 5 heteroatoms. The molecule has 116 valence electrons. The monoisotopic (exact) mass is 308 g/mol. The van der Waals surface area contributed by atoms with Crippen molar-refractivity contribution in [2.24, 2.45) is 11.8 Å². The molecule has 2 heterocycles. The minimum Gasteiger partial charge on any atom is -0.465 e. The standard InChI is InChI=1S/C16H24N2O2S/c1-4-20-15(19)12-5-6-13-14(12)17-16(21-13)18-8-7-11(9-18)10(2)3/h10-12H,4-9H2,1-3H3. The van der Waals surface area contributed by atoms with E-state index in [1.54, 1.807) is 11.3 Å².